The first-order chi connectivity index (χ1) is 9.52. The van der Waals surface area contributed by atoms with Gasteiger partial charge in [0.05, 0.1) is 11.1 Å². The lowest BCUT2D eigenvalue weighted by Gasteiger charge is -2.08. The molecule has 3 nitrogen and oxygen atoms in total. The molecule has 104 valence electrons. The van der Waals surface area contributed by atoms with Gasteiger partial charge in [-0.1, -0.05) is 12.1 Å². The van der Waals surface area contributed by atoms with E-state index in [1.54, 1.807) is 30.3 Å². The molecule has 0 aromatic heterocycles. The van der Waals surface area contributed by atoms with E-state index < -0.39 is 0 Å². The molecule has 0 amide bonds. The zero-order valence-electron chi connectivity index (χ0n) is 11.4. The maximum Gasteiger partial charge on any atom is 0.193 e. The van der Waals surface area contributed by atoms with Gasteiger partial charge >= 0.3 is 0 Å². The van der Waals surface area contributed by atoms with E-state index in [9.17, 15) is 4.79 Å². The Morgan fingerprint density at radius 3 is 2.45 bits per heavy atom. The number of anilines is 1. The minimum atomic E-state index is -0.0551. The van der Waals surface area contributed by atoms with Crippen LogP contribution in [0.5, 0.6) is 5.75 Å². The third-order valence-electron chi connectivity index (χ3n) is 3.04. The van der Waals surface area contributed by atoms with Crippen LogP contribution < -0.4 is 10.5 Å². The summed E-state index contributed by atoms with van der Waals surface area (Å²) in [4.78, 5) is 12.4. The first kappa shape index (κ1) is 14.6. The molecule has 0 saturated carbocycles. The molecule has 2 rings (SSSR count). The van der Waals surface area contributed by atoms with Crippen LogP contribution in [0, 0.1) is 6.92 Å². The molecule has 0 heterocycles. The number of rotatable bonds is 4. The lowest BCUT2D eigenvalue weighted by Crippen LogP contribution is -2.03. The molecule has 0 bridgehead atoms. The molecular formula is C16H16BrNO2. The van der Waals surface area contributed by atoms with Crippen molar-refractivity contribution in [2.75, 3.05) is 12.3 Å². The molecule has 0 aliphatic heterocycles. The predicted octanol–water partition coefficient (Wildman–Crippen LogP) is 3.97. The van der Waals surface area contributed by atoms with Crippen LogP contribution in [-0.2, 0) is 0 Å². The normalized spacial score (nSPS) is 10.3. The summed E-state index contributed by atoms with van der Waals surface area (Å²) in [6, 6.07) is 10.7. The van der Waals surface area contributed by atoms with Crippen molar-refractivity contribution in [1.82, 2.24) is 0 Å². The molecule has 0 spiro atoms. The monoisotopic (exact) mass is 333 g/mol. The van der Waals surface area contributed by atoms with Crippen LogP contribution in [0.25, 0.3) is 0 Å². The van der Waals surface area contributed by atoms with Crippen molar-refractivity contribution in [1.29, 1.82) is 0 Å². The first-order valence-corrected chi connectivity index (χ1v) is 7.15. The summed E-state index contributed by atoms with van der Waals surface area (Å²) in [6.07, 6.45) is 0. The van der Waals surface area contributed by atoms with E-state index in [2.05, 4.69) is 15.9 Å². The van der Waals surface area contributed by atoms with Gasteiger partial charge in [0.2, 0.25) is 0 Å². The van der Waals surface area contributed by atoms with Gasteiger partial charge in [-0.15, -0.1) is 0 Å². The number of hydrogen-bond donors (Lipinski definition) is 1. The summed E-state index contributed by atoms with van der Waals surface area (Å²) < 4.78 is 6.20. The van der Waals surface area contributed by atoms with Gasteiger partial charge in [0.1, 0.15) is 5.75 Å². The molecule has 0 radical (unpaired) electrons. The van der Waals surface area contributed by atoms with Crippen LogP contribution in [0.15, 0.2) is 40.9 Å². The quantitative estimate of drug-likeness (QED) is 0.680. The molecule has 0 fully saturated rings. The van der Waals surface area contributed by atoms with Gasteiger partial charge in [-0.2, -0.15) is 0 Å². The number of carbonyl (C=O) groups is 1. The van der Waals surface area contributed by atoms with Gasteiger partial charge in [0.25, 0.3) is 0 Å². The van der Waals surface area contributed by atoms with E-state index in [0.29, 0.717) is 23.4 Å². The van der Waals surface area contributed by atoms with Crippen molar-refractivity contribution in [3.8, 4) is 5.75 Å². The number of nitrogens with two attached hydrogens (primary N) is 1. The Morgan fingerprint density at radius 2 is 1.85 bits per heavy atom. The molecule has 0 saturated heterocycles. The van der Waals surface area contributed by atoms with Crippen molar-refractivity contribution in [3.05, 3.63) is 57.6 Å². The van der Waals surface area contributed by atoms with Gasteiger partial charge in [-0.3, -0.25) is 4.79 Å². The molecule has 0 atom stereocenters. The second kappa shape index (κ2) is 6.09. The Hall–Kier alpha value is -1.81. The lowest BCUT2D eigenvalue weighted by molar-refractivity contribution is 0.103. The van der Waals surface area contributed by atoms with Gasteiger partial charge in [-0.25, -0.2) is 0 Å². The van der Waals surface area contributed by atoms with E-state index in [4.69, 9.17) is 10.5 Å². The fourth-order valence-corrected chi connectivity index (χ4v) is 2.36. The van der Waals surface area contributed by atoms with E-state index in [1.165, 1.54) is 0 Å². The Labute approximate surface area is 126 Å². The highest BCUT2D eigenvalue weighted by Gasteiger charge is 2.12. The highest BCUT2D eigenvalue weighted by atomic mass is 79.9. The average Bonchev–Trinajstić information content (AvgIpc) is 2.43. The summed E-state index contributed by atoms with van der Waals surface area (Å²) in [6.45, 7) is 4.41. The number of hydrogen-bond acceptors (Lipinski definition) is 3. The number of halogens is 1. The maximum atomic E-state index is 12.4. The molecule has 2 aromatic carbocycles. The number of aryl methyl sites for hydroxylation is 1. The highest BCUT2D eigenvalue weighted by molar-refractivity contribution is 9.10. The summed E-state index contributed by atoms with van der Waals surface area (Å²) in [7, 11) is 0. The SMILES string of the molecule is CCOc1ccc(C(=O)c2ccc(C)c(N)c2)cc1Br. The van der Waals surface area contributed by atoms with Crippen LogP contribution >= 0.6 is 15.9 Å². The predicted molar refractivity (Wildman–Crippen MR) is 84.3 cm³/mol. The Kier molecular flexibility index (Phi) is 4.45. The minimum absolute atomic E-state index is 0.0551. The second-order valence-corrected chi connectivity index (χ2v) is 5.33. The van der Waals surface area contributed by atoms with Crippen LogP contribution in [0.1, 0.15) is 28.4 Å². The maximum absolute atomic E-state index is 12.4. The topological polar surface area (TPSA) is 52.3 Å². The smallest absolute Gasteiger partial charge is 0.193 e. The molecular weight excluding hydrogens is 318 g/mol. The minimum Gasteiger partial charge on any atom is -0.493 e. The van der Waals surface area contributed by atoms with Crippen LogP contribution in [-0.4, -0.2) is 12.4 Å². The Balaban J connectivity index is 2.33. The van der Waals surface area contributed by atoms with Gasteiger partial charge in [-0.05, 0) is 59.6 Å². The molecule has 0 unspecified atom stereocenters. The van der Waals surface area contributed by atoms with E-state index in [1.807, 2.05) is 19.9 Å². The average molecular weight is 334 g/mol. The fraction of sp³-hybridized carbons (Fsp3) is 0.188. The molecule has 20 heavy (non-hydrogen) atoms. The van der Waals surface area contributed by atoms with E-state index in [0.717, 1.165) is 15.8 Å². The summed E-state index contributed by atoms with van der Waals surface area (Å²) >= 11 is 3.41. The van der Waals surface area contributed by atoms with Crippen molar-refractivity contribution < 1.29 is 9.53 Å². The fourth-order valence-electron chi connectivity index (χ4n) is 1.86. The number of benzene rings is 2. The van der Waals surface area contributed by atoms with Gasteiger partial charge in [0, 0.05) is 16.8 Å². The van der Waals surface area contributed by atoms with Crippen molar-refractivity contribution in [2.24, 2.45) is 0 Å². The summed E-state index contributed by atoms with van der Waals surface area (Å²) in [5.74, 6) is 0.674. The first-order valence-electron chi connectivity index (χ1n) is 6.36. The number of ether oxygens (including phenoxy) is 1. The standard InChI is InChI=1S/C16H16BrNO2/c1-3-20-15-7-6-11(8-13(15)17)16(19)12-5-4-10(2)14(18)9-12/h4-9H,3,18H2,1-2H3. The van der Waals surface area contributed by atoms with Crippen LogP contribution in [0.4, 0.5) is 5.69 Å². The molecule has 4 heteroatoms. The third-order valence-corrected chi connectivity index (χ3v) is 3.66. The summed E-state index contributed by atoms with van der Waals surface area (Å²) in [5.41, 5.74) is 8.63. The zero-order chi connectivity index (χ0) is 14.7. The summed E-state index contributed by atoms with van der Waals surface area (Å²) in [5, 5.41) is 0. The van der Waals surface area contributed by atoms with Crippen LogP contribution in [0.3, 0.4) is 0 Å². The number of ketones is 1. The zero-order valence-corrected chi connectivity index (χ0v) is 13.0. The van der Waals surface area contributed by atoms with Crippen LogP contribution in [0.2, 0.25) is 0 Å². The molecule has 0 aliphatic rings. The van der Waals surface area contributed by atoms with Gasteiger partial charge < -0.3 is 10.5 Å². The largest absolute Gasteiger partial charge is 0.493 e. The lowest BCUT2D eigenvalue weighted by atomic mass is 10.0. The number of carbonyl (C=O) groups excluding carboxylic acids is 1. The third kappa shape index (κ3) is 3.02. The van der Waals surface area contributed by atoms with Crippen molar-refractivity contribution in [3.63, 3.8) is 0 Å². The molecule has 0 aliphatic carbocycles. The van der Waals surface area contributed by atoms with Crippen molar-refractivity contribution in [2.45, 2.75) is 13.8 Å². The van der Waals surface area contributed by atoms with Gasteiger partial charge in [0.15, 0.2) is 5.78 Å². The Bertz CT molecular complexity index is 653. The van der Waals surface area contributed by atoms with E-state index >= 15 is 0 Å². The van der Waals surface area contributed by atoms with Crippen molar-refractivity contribution >= 4 is 27.4 Å². The molecule has 2 aromatic rings. The highest BCUT2D eigenvalue weighted by Crippen LogP contribution is 2.27. The second-order valence-electron chi connectivity index (χ2n) is 4.48. The van der Waals surface area contributed by atoms with E-state index in [-0.39, 0.29) is 5.78 Å². The molecule has 2 N–H and O–H groups in total. The number of nitrogen functional groups attached to an aromatic ring is 1. The Morgan fingerprint density at radius 1 is 1.20 bits per heavy atom.